The van der Waals surface area contributed by atoms with Crippen LogP contribution in [0.1, 0.15) is 11.1 Å². The number of fused-ring (bicyclic) bond motifs is 1. The van der Waals surface area contributed by atoms with Crippen LogP contribution in [-0.4, -0.2) is 25.7 Å². The van der Waals surface area contributed by atoms with Crippen LogP contribution in [-0.2, 0) is 6.42 Å². The SMILES string of the molecule is Cc1ccc2c(c1)CCN2CCNC(=O)Nc1cc(Cl)ccc1Cl. The zero-order chi connectivity index (χ0) is 17.1. The van der Waals surface area contributed by atoms with Gasteiger partial charge in [-0.15, -0.1) is 0 Å². The van der Waals surface area contributed by atoms with E-state index in [1.807, 2.05) is 0 Å². The number of anilines is 2. The molecule has 0 radical (unpaired) electrons. The molecule has 0 saturated heterocycles. The molecule has 24 heavy (non-hydrogen) atoms. The zero-order valence-corrected chi connectivity index (χ0v) is 14.9. The van der Waals surface area contributed by atoms with Crippen molar-refractivity contribution < 1.29 is 4.79 Å². The van der Waals surface area contributed by atoms with Gasteiger partial charge in [-0.3, -0.25) is 0 Å². The highest BCUT2D eigenvalue weighted by Gasteiger charge is 2.18. The Morgan fingerprint density at radius 1 is 1.21 bits per heavy atom. The Bertz CT molecular complexity index is 764. The molecule has 1 aliphatic heterocycles. The van der Waals surface area contributed by atoms with Crippen molar-refractivity contribution in [2.75, 3.05) is 29.9 Å². The van der Waals surface area contributed by atoms with Crippen molar-refractivity contribution in [3.8, 4) is 0 Å². The van der Waals surface area contributed by atoms with Crippen LogP contribution in [0, 0.1) is 6.92 Å². The van der Waals surface area contributed by atoms with E-state index in [0.29, 0.717) is 22.3 Å². The fourth-order valence-corrected chi connectivity index (χ4v) is 3.23. The van der Waals surface area contributed by atoms with Crippen molar-refractivity contribution in [1.82, 2.24) is 5.32 Å². The first-order valence-corrected chi connectivity index (χ1v) is 8.63. The van der Waals surface area contributed by atoms with E-state index in [4.69, 9.17) is 23.2 Å². The van der Waals surface area contributed by atoms with Gasteiger partial charge in [0.1, 0.15) is 0 Å². The predicted octanol–water partition coefficient (Wildman–Crippen LogP) is 4.49. The standard InChI is InChI=1S/C18H19Cl2N3O/c1-12-2-5-17-13(10-12)6-8-23(17)9-7-21-18(24)22-16-11-14(19)3-4-15(16)20/h2-5,10-11H,6-9H2,1H3,(H2,21,22,24). The maximum absolute atomic E-state index is 12.0. The fourth-order valence-electron chi connectivity index (χ4n) is 2.90. The predicted molar refractivity (Wildman–Crippen MR) is 101 cm³/mol. The molecule has 0 saturated carbocycles. The lowest BCUT2D eigenvalue weighted by molar-refractivity contribution is 0.252. The molecule has 2 N–H and O–H groups in total. The maximum Gasteiger partial charge on any atom is 0.319 e. The Morgan fingerprint density at radius 2 is 2.04 bits per heavy atom. The van der Waals surface area contributed by atoms with Gasteiger partial charge in [-0.1, -0.05) is 40.9 Å². The van der Waals surface area contributed by atoms with Crippen LogP contribution in [0.2, 0.25) is 10.0 Å². The summed E-state index contributed by atoms with van der Waals surface area (Å²) in [6, 6.07) is 11.2. The third kappa shape index (κ3) is 3.94. The summed E-state index contributed by atoms with van der Waals surface area (Å²) < 4.78 is 0. The van der Waals surface area contributed by atoms with Crippen molar-refractivity contribution in [3.63, 3.8) is 0 Å². The Hall–Kier alpha value is -1.91. The molecule has 1 heterocycles. The van der Waals surface area contributed by atoms with Crippen molar-refractivity contribution in [3.05, 3.63) is 57.6 Å². The molecule has 1 aliphatic rings. The van der Waals surface area contributed by atoms with Gasteiger partial charge in [0, 0.05) is 30.3 Å². The second kappa shape index (κ2) is 7.32. The number of carbonyl (C=O) groups excluding carboxylic acids is 1. The molecule has 0 bridgehead atoms. The molecular formula is C18H19Cl2N3O. The van der Waals surface area contributed by atoms with E-state index < -0.39 is 0 Å². The first-order chi connectivity index (χ1) is 11.5. The molecule has 126 valence electrons. The van der Waals surface area contributed by atoms with Gasteiger partial charge in [0.15, 0.2) is 0 Å². The Balaban J connectivity index is 1.51. The first-order valence-electron chi connectivity index (χ1n) is 7.87. The monoisotopic (exact) mass is 363 g/mol. The zero-order valence-electron chi connectivity index (χ0n) is 13.4. The van der Waals surface area contributed by atoms with Gasteiger partial charge in [0.2, 0.25) is 0 Å². The molecule has 4 nitrogen and oxygen atoms in total. The molecule has 0 fully saturated rings. The Labute approximate surface area is 151 Å². The third-order valence-corrected chi connectivity index (χ3v) is 4.64. The number of aryl methyl sites for hydroxylation is 1. The maximum atomic E-state index is 12.0. The molecule has 3 rings (SSSR count). The molecule has 0 aliphatic carbocycles. The number of carbonyl (C=O) groups is 1. The van der Waals surface area contributed by atoms with E-state index in [-0.39, 0.29) is 6.03 Å². The lowest BCUT2D eigenvalue weighted by Crippen LogP contribution is -2.36. The van der Waals surface area contributed by atoms with Gasteiger partial charge >= 0.3 is 6.03 Å². The van der Waals surface area contributed by atoms with Crippen LogP contribution >= 0.6 is 23.2 Å². The number of nitrogens with one attached hydrogen (secondary N) is 2. The molecule has 0 aromatic heterocycles. The van der Waals surface area contributed by atoms with E-state index in [1.165, 1.54) is 16.8 Å². The van der Waals surface area contributed by atoms with Crippen LogP contribution in [0.3, 0.4) is 0 Å². The molecule has 0 atom stereocenters. The van der Waals surface area contributed by atoms with Crippen LogP contribution in [0.15, 0.2) is 36.4 Å². The smallest absolute Gasteiger partial charge is 0.319 e. The molecule has 0 unspecified atom stereocenters. The second-order valence-corrected chi connectivity index (χ2v) is 6.72. The van der Waals surface area contributed by atoms with Crippen molar-refractivity contribution >= 4 is 40.6 Å². The van der Waals surface area contributed by atoms with E-state index in [2.05, 4.69) is 40.7 Å². The minimum absolute atomic E-state index is 0.289. The summed E-state index contributed by atoms with van der Waals surface area (Å²) in [5.74, 6) is 0. The van der Waals surface area contributed by atoms with E-state index >= 15 is 0 Å². The largest absolute Gasteiger partial charge is 0.369 e. The van der Waals surface area contributed by atoms with E-state index in [1.54, 1.807) is 18.2 Å². The fraction of sp³-hybridized carbons (Fsp3) is 0.278. The number of benzene rings is 2. The molecule has 2 aromatic rings. The number of amides is 2. The molecule has 6 heteroatoms. The quantitative estimate of drug-likeness (QED) is 0.840. The normalized spacial score (nSPS) is 12.9. The van der Waals surface area contributed by atoms with Gasteiger partial charge in [-0.05, 0) is 43.2 Å². The molecule has 2 aromatic carbocycles. The highest BCUT2D eigenvalue weighted by Crippen LogP contribution is 2.28. The highest BCUT2D eigenvalue weighted by molar-refractivity contribution is 6.35. The van der Waals surface area contributed by atoms with E-state index in [0.717, 1.165) is 19.5 Å². The van der Waals surface area contributed by atoms with Crippen molar-refractivity contribution in [1.29, 1.82) is 0 Å². The Kier molecular flexibility index (Phi) is 5.17. The number of rotatable bonds is 4. The number of halogens is 2. The summed E-state index contributed by atoms with van der Waals surface area (Å²) in [6.07, 6.45) is 1.06. The van der Waals surface area contributed by atoms with Crippen molar-refractivity contribution in [2.24, 2.45) is 0 Å². The second-order valence-electron chi connectivity index (χ2n) is 5.87. The van der Waals surface area contributed by atoms with E-state index in [9.17, 15) is 4.79 Å². The topological polar surface area (TPSA) is 44.4 Å². The molecular weight excluding hydrogens is 345 g/mol. The number of nitrogens with zero attached hydrogens (tertiary/aromatic N) is 1. The lowest BCUT2D eigenvalue weighted by Gasteiger charge is -2.20. The summed E-state index contributed by atoms with van der Waals surface area (Å²) in [6.45, 7) is 4.42. The molecule has 2 amide bonds. The number of urea groups is 1. The minimum atomic E-state index is -0.289. The summed E-state index contributed by atoms with van der Waals surface area (Å²) in [4.78, 5) is 14.3. The molecule has 0 spiro atoms. The van der Waals surface area contributed by atoms with Gasteiger partial charge in [0.05, 0.1) is 10.7 Å². The third-order valence-electron chi connectivity index (χ3n) is 4.07. The van der Waals surface area contributed by atoms with Crippen LogP contribution in [0.5, 0.6) is 0 Å². The average Bonchev–Trinajstić information content (AvgIpc) is 2.93. The van der Waals surface area contributed by atoms with Gasteiger partial charge in [-0.25, -0.2) is 4.79 Å². The summed E-state index contributed by atoms with van der Waals surface area (Å²) in [7, 11) is 0. The van der Waals surface area contributed by atoms with Crippen LogP contribution < -0.4 is 15.5 Å². The number of hydrogen-bond donors (Lipinski definition) is 2. The van der Waals surface area contributed by atoms with Gasteiger partial charge in [0.25, 0.3) is 0 Å². The van der Waals surface area contributed by atoms with Crippen LogP contribution in [0.4, 0.5) is 16.2 Å². The highest BCUT2D eigenvalue weighted by atomic mass is 35.5. The summed E-state index contributed by atoms with van der Waals surface area (Å²) in [5.41, 5.74) is 4.43. The van der Waals surface area contributed by atoms with Crippen LogP contribution in [0.25, 0.3) is 0 Å². The van der Waals surface area contributed by atoms with Gasteiger partial charge in [-0.2, -0.15) is 0 Å². The number of hydrogen-bond acceptors (Lipinski definition) is 2. The Morgan fingerprint density at radius 3 is 2.88 bits per heavy atom. The minimum Gasteiger partial charge on any atom is -0.369 e. The van der Waals surface area contributed by atoms with Crippen molar-refractivity contribution in [2.45, 2.75) is 13.3 Å². The lowest BCUT2D eigenvalue weighted by atomic mass is 10.1. The summed E-state index contributed by atoms with van der Waals surface area (Å²) in [5, 5.41) is 6.55. The first kappa shape index (κ1) is 16.9. The summed E-state index contributed by atoms with van der Waals surface area (Å²) >= 11 is 12.0. The van der Waals surface area contributed by atoms with Gasteiger partial charge < -0.3 is 15.5 Å². The average molecular weight is 364 g/mol.